The molecule has 1 amide bonds. The number of esters is 1. The number of piperidine rings is 1. The van der Waals surface area contributed by atoms with Gasteiger partial charge in [-0.2, -0.15) is 0 Å². The molecule has 1 saturated heterocycles. The molecule has 0 radical (unpaired) electrons. The van der Waals surface area contributed by atoms with Gasteiger partial charge in [-0.15, -0.1) is 0 Å². The summed E-state index contributed by atoms with van der Waals surface area (Å²) in [6.45, 7) is 3.05. The topological polar surface area (TPSA) is 102 Å². The van der Waals surface area contributed by atoms with Gasteiger partial charge in [0, 0.05) is 30.9 Å². The maximum absolute atomic E-state index is 12.7. The van der Waals surface area contributed by atoms with Crippen LogP contribution in [0.2, 0.25) is 0 Å². The van der Waals surface area contributed by atoms with Gasteiger partial charge in [0.15, 0.2) is 6.61 Å². The second-order valence-electron chi connectivity index (χ2n) is 7.14. The van der Waals surface area contributed by atoms with E-state index in [0.29, 0.717) is 11.4 Å². The van der Waals surface area contributed by atoms with E-state index in [1.807, 2.05) is 30.0 Å². The zero-order valence-electron chi connectivity index (χ0n) is 16.9. The quantitative estimate of drug-likeness (QED) is 0.421. The summed E-state index contributed by atoms with van der Waals surface area (Å²) in [4.78, 5) is 37.6. The first-order valence-electron chi connectivity index (χ1n) is 10.1. The number of benzene rings is 2. The molecule has 0 bridgehead atoms. The number of para-hydroxylation sites is 1. The SMILES string of the molecule is CCc1ccccc1NC(=O)COC(=O)c1cc([N+](=O)[O-])ccc1N1CCCCC1. The van der Waals surface area contributed by atoms with Crippen LogP contribution in [0.25, 0.3) is 0 Å². The number of hydrogen-bond acceptors (Lipinski definition) is 6. The molecule has 0 atom stereocenters. The van der Waals surface area contributed by atoms with E-state index in [4.69, 9.17) is 4.74 Å². The van der Waals surface area contributed by atoms with Crippen molar-refractivity contribution in [2.75, 3.05) is 29.9 Å². The van der Waals surface area contributed by atoms with Crippen molar-refractivity contribution in [2.24, 2.45) is 0 Å². The number of nitro groups is 1. The van der Waals surface area contributed by atoms with Crippen LogP contribution >= 0.6 is 0 Å². The number of hydrogen-bond donors (Lipinski definition) is 1. The molecule has 1 N–H and O–H groups in total. The van der Waals surface area contributed by atoms with Gasteiger partial charge in [-0.1, -0.05) is 25.1 Å². The molecule has 8 nitrogen and oxygen atoms in total. The van der Waals surface area contributed by atoms with Crippen LogP contribution in [-0.2, 0) is 16.0 Å². The molecule has 3 rings (SSSR count). The lowest BCUT2D eigenvalue weighted by Gasteiger charge is -2.30. The number of amides is 1. The number of nitrogens with zero attached hydrogens (tertiary/aromatic N) is 2. The monoisotopic (exact) mass is 411 g/mol. The molecule has 0 aliphatic carbocycles. The Bertz CT molecular complexity index is 938. The van der Waals surface area contributed by atoms with E-state index in [9.17, 15) is 19.7 Å². The van der Waals surface area contributed by atoms with Gasteiger partial charge in [-0.3, -0.25) is 14.9 Å². The summed E-state index contributed by atoms with van der Waals surface area (Å²) in [7, 11) is 0. The van der Waals surface area contributed by atoms with E-state index in [2.05, 4.69) is 5.32 Å². The van der Waals surface area contributed by atoms with Crippen molar-refractivity contribution in [3.8, 4) is 0 Å². The zero-order chi connectivity index (χ0) is 21.5. The largest absolute Gasteiger partial charge is 0.452 e. The molecule has 1 fully saturated rings. The van der Waals surface area contributed by atoms with Crippen molar-refractivity contribution in [1.82, 2.24) is 0 Å². The lowest BCUT2D eigenvalue weighted by atomic mass is 10.1. The smallest absolute Gasteiger partial charge is 0.341 e. The zero-order valence-corrected chi connectivity index (χ0v) is 16.9. The predicted molar refractivity (Wildman–Crippen MR) is 114 cm³/mol. The highest BCUT2D eigenvalue weighted by Crippen LogP contribution is 2.28. The number of nitrogens with one attached hydrogen (secondary N) is 1. The summed E-state index contributed by atoms with van der Waals surface area (Å²) >= 11 is 0. The van der Waals surface area contributed by atoms with Gasteiger partial charge >= 0.3 is 5.97 Å². The van der Waals surface area contributed by atoms with Crippen molar-refractivity contribution in [3.05, 3.63) is 63.7 Å². The van der Waals surface area contributed by atoms with E-state index in [1.54, 1.807) is 12.1 Å². The van der Waals surface area contributed by atoms with Gasteiger partial charge in [0.1, 0.15) is 0 Å². The highest BCUT2D eigenvalue weighted by atomic mass is 16.6. The Kier molecular flexibility index (Phi) is 7.00. The normalized spacial score (nSPS) is 13.6. The summed E-state index contributed by atoms with van der Waals surface area (Å²) in [5.41, 5.74) is 2.16. The number of anilines is 2. The maximum atomic E-state index is 12.7. The Morgan fingerprint density at radius 1 is 1.13 bits per heavy atom. The second-order valence-corrected chi connectivity index (χ2v) is 7.14. The Balaban J connectivity index is 1.72. The molecule has 30 heavy (non-hydrogen) atoms. The fourth-order valence-electron chi connectivity index (χ4n) is 3.56. The van der Waals surface area contributed by atoms with Crippen molar-refractivity contribution in [1.29, 1.82) is 0 Å². The molecule has 2 aromatic carbocycles. The minimum atomic E-state index is -0.752. The maximum Gasteiger partial charge on any atom is 0.341 e. The third-order valence-electron chi connectivity index (χ3n) is 5.11. The Hall–Kier alpha value is -3.42. The van der Waals surface area contributed by atoms with Gasteiger partial charge in [0.05, 0.1) is 16.2 Å². The van der Waals surface area contributed by atoms with Crippen LogP contribution in [0.5, 0.6) is 0 Å². The number of nitro benzene ring substituents is 1. The number of aryl methyl sites for hydroxylation is 1. The fourth-order valence-corrected chi connectivity index (χ4v) is 3.56. The molecule has 158 valence electrons. The Morgan fingerprint density at radius 2 is 1.87 bits per heavy atom. The van der Waals surface area contributed by atoms with Crippen molar-refractivity contribution in [2.45, 2.75) is 32.6 Å². The van der Waals surface area contributed by atoms with Crippen LogP contribution in [0, 0.1) is 10.1 Å². The van der Waals surface area contributed by atoms with Gasteiger partial charge in [0.25, 0.3) is 11.6 Å². The summed E-state index contributed by atoms with van der Waals surface area (Å²) < 4.78 is 5.20. The predicted octanol–water partition coefficient (Wildman–Crippen LogP) is 3.94. The van der Waals surface area contributed by atoms with E-state index in [1.165, 1.54) is 12.1 Å². The number of non-ortho nitro benzene ring substituents is 1. The van der Waals surface area contributed by atoms with Crippen molar-refractivity contribution in [3.63, 3.8) is 0 Å². The molecular weight excluding hydrogens is 386 g/mol. The highest BCUT2D eigenvalue weighted by Gasteiger charge is 2.23. The summed E-state index contributed by atoms with van der Waals surface area (Å²) in [5.74, 6) is -1.22. The molecule has 1 heterocycles. The van der Waals surface area contributed by atoms with E-state index < -0.39 is 23.4 Å². The van der Waals surface area contributed by atoms with Gasteiger partial charge in [-0.05, 0) is 43.4 Å². The molecule has 0 saturated carbocycles. The van der Waals surface area contributed by atoms with Crippen LogP contribution in [0.3, 0.4) is 0 Å². The minimum absolute atomic E-state index is 0.104. The van der Waals surface area contributed by atoms with Crippen LogP contribution in [-0.4, -0.2) is 36.5 Å². The molecule has 0 unspecified atom stereocenters. The number of ether oxygens (including phenoxy) is 1. The highest BCUT2D eigenvalue weighted by molar-refractivity contribution is 5.99. The first-order chi connectivity index (χ1) is 14.5. The average Bonchev–Trinajstić information content (AvgIpc) is 2.78. The van der Waals surface area contributed by atoms with Crippen LogP contribution in [0.1, 0.15) is 42.1 Å². The van der Waals surface area contributed by atoms with E-state index >= 15 is 0 Å². The standard InChI is InChI=1S/C22H25N3O5/c1-2-16-8-4-5-9-19(16)23-21(26)15-30-22(27)18-14-17(25(28)29)10-11-20(18)24-12-6-3-7-13-24/h4-5,8-11,14H,2-3,6-7,12-13,15H2,1H3,(H,23,26). The Labute approximate surface area is 175 Å². The van der Waals surface area contributed by atoms with Crippen LogP contribution in [0.15, 0.2) is 42.5 Å². The molecule has 1 aliphatic rings. The lowest BCUT2D eigenvalue weighted by molar-refractivity contribution is -0.384. The van der Waals surface area contributed by atoms with Crippen molar-refractivity contribution >= 4 is 28.9 Å². The summed E-state index contributed by atoms with van der Waals surface area (Å²) in [5, 5.41) is 13.9. The Morgan fingerprint density at radius 3 is 2.57 bits per heavy atom. The minimum Gasteiger partial charge on any atom is -0.452 e. The number of rotatable bonds is 7. The van der Waals surface area contributed by atoms with Gasteiger partial charge in [-0.25, -0.2) is 4.79 Å². The molecule has 8 heteroatoms. The van der Waals surface area contributed by atoms with Gasteiger partial charge < -0.3 is 15.0 Å². The van der Waals surface area contributed by atoms with Gasteiger partial charge in [0.2, 0.25) is 0 Å². The molecule has 1 aliphatic heterocycles. The lowest BCUT2D eigenvalue weighted by Crippen LogP contribution is -2.31. The summed E-state index contributed by atoms with van der Waals surface area (Å²) in [6, 6.07) is 11.6. The van der Waals surface area contributed by atoms with Crippen LogP contribution in [0.4, 0.5) is 17.1 Å². The molecule has 0 spiro atoms. The third-order valence-corrected chi connectivity index (χ3v) is 5.11. The first kappa shape index (κ1) is 21.3. The fraction of sp³-hybridized carbons (Fsp3) is 0.364. The first-order valence-corrected chi connectivity index (χ1v) is 10.1. The average molecular weight is 411 g/mol. The molecule has 0 aromatic heterocycles. The number of carbonyl (C=O) groups excluding carboxylic acids is 2. The molecule has 2 aromatic rings. The van der Waals surface area contributed by atoms with Crippen molar-refractivity contribution < 1.29 is 19.2 Å². The summed E-state index contributed by atoms with van der Waals surface area (Å²) in [6.07, 6.45) is 3.85. The van der Waals surface area contributed by atoms with E-state index in [-0.39, 0.29) is 11.3 Å². The van der Waals surface area contributed by atoms with E-state index in [0.717, 1.165) is 44.3 Å². The molecular formula is C22H25N3O5. The second kappa shape index (κ2) is 9.87. The van der Waals surface area contributed by atoms with Crippen LogP contribution < -0.4 is 10.2 Å². The number of carbonyl (C=O) groups is 2. The third kappa shape index (κ3) is 5.14.